The van der Waals surface area contributed by atoms with Gasteiger partial charge in [-0.25, -0.2) is 4.39 Å². The first kappa shape index (κ1) is 12.9. The predicted octanol–water partition coefficient (Wildman–Crippen LogP) is 3.00. The van der Waals surface area contributed by atoms with Crippen LogP contribution in [-0.4, -0.2) is 23.2 Å². The van der Waals surface area contributed by atoms with Gasteiger partial charge >= 0.3 is 5.97 Å². The van der Waals surface area contributed by atoms with Gasteiger partial charge in [0, 0.05) is 11.2 Å². The molecular formula is C14H18FNO2. The molecule has 0 aromatic heterocycles. The van der Waals surface area contributed by atoms with Crippen molar-refractivity contribution in [1.82, 2.24) is 0 Å². The summed E-state index contributed by atoms with van der Waals surface area (Å²) in [6.45, 7) is 6.05. The Balaban J connectivity index is 2.51. The lowest BCUT2D eigenvalue weighted by Gasteiger charge is -2.46. The first-order chi connectivity index (χ1) is 8.31. The molecule has 2 rings (SSSR count). The molecule has 4 heteroatoms. The van der Waals surface area contributed by atoms with Gasteiger partial charge in [0.1, 0.15) is 12.4 Å². The first-order valence-electron chi connectivity index (χ1n) is 6.10. The molecule has 1 heterocycles. The van der Waals surface area contributed by atoms with Crippen molar-refractivity contribution in [1.29, 1.82) is 0 Å². The van der Waals surface area contributed by atoms with Crippen molar-refractivity contribution in [2.45, 2.75) is 38.6 Å². The van der Waals surface area contributed by atoms with Crippen LogP contribution in [-0.2, 0) is 4.79 Å². The number of carbonyl (C=O) groups is 1. The highest BCUT2D eigenvalue weighted by atomic mass is 19.1. The molecule has 1 aliphatic rings. The van der Waals surface area contributed by atoms with E-state index in [4.69, 9.17) is 5.11 Å². The standard InChI is InChI=1S/C14H18FNO2/c1-9-7-14(2,3)16(8-13(17)18)12-5-4-10(15)6-11(9)12/h4-6,9H,7-8H2,1-3H3,(H,17,18). The van der Waals surface area contributed by atoms with Crippen LogP contribution in [0, 0.1) is 5.82 Å². The molecule has 1 aromatic carbocycles. The smallest absolute Gasteiger partial charge is 0.323 e. The van der Waals surface area contributed by atoms with E-state index >= 15 is 0 Å². The van der Waals surface area contributed by atoms with Gasteiger partial charge in [0.2, 0.25) is 0 Å². The lowest BCUT2D eigenvalue weighted by molar-refractivity contribution is -0.135. The molecule has 1 N–H and O–H groups in total. The van der Waals surface area contributed by atoms with Crippen molar-refractivity contribution in [2.24, 2.45) is 0 Å². The Kier molecular flexibility index (Phi) is 3.05. The van der Waals surface area contributed by atoms with E-state index in [1.165, 1.54) is 12.1 Å². The number of benzene rings is 1. The van der Waals surface area contributed by atoms with Gasteiger partial charge in [0.15, 0.2) is 0 Å². The molecule has 0 saturated heterocycles. The van der Waals surface area contributed by atoms with Gasteiger partial charge in [-0.2, -0.15) is 0 Å². The van der Waals surface area contributed by atoms with Crippen molar-refractivity contribution in [3.8, 4) is 0 Å². The third kappa shape index (κ3) is 2.19. The molecular weight excluding hydrogens is 233 g/mol. The van der Waals surface area contributed by atoms with Crippen molar-refractivity contribution >= 4 is 11.7 Å². The third-order valence-electron chi connectivity index (χ3n) is 3.64. The molecule has 1 atom stereocenters. The second-order valence-electron chi connectivity index (χ2n) is 5.60. The monoisotopic (exact) mass is 251 g/mol. The van der Waals surface area contributed by atoms with E-state index in [9.17, 15) is 9.18 Å². The molecule has 18 heavy (non-hydrogen) atoms. The molecule has 3 nitrogen and oxygen atoms in total. The number of hydrogen-bond acceptors (Lipinski definition) is 2. The summed E-state index contributed by atoms with van der Waals surface area (Å²) in [5.74, 6) is -0.903. The van der Waals surface area contributed by atoms with Gasteiger partial charge in [-0.3, -0.25) is 4.79 Å². The van der Waals surface area contributed by atoms with Crippen molar-refractivity contribution in [2.75, 3.05) is 11.4 Å². The molecule has 0 saturated carbocycles. The summed E-state index contributed by atoms with van der Waals surface area (Å²) in [4.78, 5) is 12.8. The van der Waals surface area contributed by atoms with Gasteiger partial charge < -0.3 is 10.0 Å². The van der Waals surface area contributed by atoms with Gasteiger partial charge in [-0.15, -0.1) is 0 Å². The van der Waals surface area contributed by atoms with Crippen LogP contribution in [0.1, 0.15) is 38.7 Å². The topological polar surface area (TPSA) is 40.5 Å². The van der Waals surface area contributed by atoms with Crippen LogP contribution in [0.25, 0.3) is 0 Å². The molecule has 0 fully saturated rings. The molecule has 0 radical (unpaired) electrons. The zero-order valence-corrected chi connectivity index (χ0v) is 10.9. The summed E-state index contributed by atoms with van der Waals surface area (Å²) in [6, 6.07) is 4.59. The van der Waals surface area contributed by atoms with Crippen LogP contribution >= 0.6 is 0 Å². The zero-order chi connectivity index (χ0) is 13.5. The third-order valence-corrected chi connectivity index (χ3v) is 3.64. The first-order valence-corrected chi connectivity index (χ1v) is 6.10. The van der Waals surface area contributed by atoms with Gasteiger partial charge in [-0.05, 0) is 49.9 Å². The number of nitrogens with zero attached hydrogens (tertiary/aromatic N) is 1. The maximum absolute atomic E-state index is 13.3. The Bertz CT molecular complexity index is 485. The van der Waals surface area contributed by atoms with Crippen LogP contribution in [0.2, 0.25) is 0 Å². The number of fused-ring (bicyclic) bond motifs is 1. The fraction of sp³-hybridized carbons (Fsp3) is 0.500. The summed E-state index contributed by atoms with van der Waals surface area (Å²) in [5.41, 5.74) is 1.50. The number of hydrogen-bond donors (Lipinski definition) is 1. The largest absolute Gasteiger partial charge is 0.480 e. The van der Waals surface area contributed by atoms with Crippen LogP contribution in [0.15, 0.2) is 18.2 Å². The molecule has 0 amide bonds. The number of aliphatic carboxylic acids is 1. The number of halogens is 1. The Morgan fingerprint density at radius 3 is 2.83 bits per heavy atom. The molecule has 0 aliphatic carbocycles. The summed E-state index contributed by atoms with van der Waals surface area (Å²) in [6.07, 6.45) is 0.816. The van der Waals surface area contributed by atoms with E-state index in [1.54, 1.807) is 6.07 Å². The highest BCUT2D eigenvalue weighted by Crippen LogP contribution is 2.43. The van der Waals surface area contributed by atoms with E-state index in [-0.39, 0.29) is 23.8 Å². The Labute approximate surface area is 106 Å². The number of carboxylic acid groups (broad SMARTS) is 1. The zero-order valence-electron chi connectivity index (χ0n) is 10.9. The molecule has 98 valence electrons. The normalized spacial score (nSPS) is 21.6. The SMILES string of the molecule is CC1CC(C)(C)N(CC(=O)O)c2ccc(F)cc21. The number of rotatable bonds is 2. The quantitative estimate of drug-likeness (QED) is 0.878. The van der Waals surface area contributed by atoms with Crippen LogP contribution in [0.4, 0.5) is 10.1 Å². The average molecular weight is 251 g/mol. The van der Waals surface area contributed by atoms with E-state index in [2.05, 4.69) is 6.92 Å². The lowest BCUT2D eigenvalue weighted by Crippen LogP contribution is -2.50. The second kappa shape index (κ2) is 4.26. The fourth-order valence-electron chi connectivity index (χ4n) is 2.90. The Morgan fingerprint density at radius 1 is 1.56 bits per heavy atom. The summed E-state index contributed by atoms with van der Waals surface area (Å²) in [5, 5.41) is 9.03. The van der Waals surface area contributed by atoms with Crippen molar-refractivity contribution < 1.29 is 14.3 Å². The van der Waals surface area contributed by atoms with Crippen LogP contribution < -0.4 is 4.90 Å². The Hall–Kier alpha value is -1.58. The fourth-order valence-corrected chi connectivity index (χ4v) is 2.90. The van der Waals surface area contributed by atoms with Gasteiger partial charge in [0.25, 0.3) is 0 Å². The van der Waals surface area contributed by atoms with Crippen molar-refractivity contribution in [3.63, 3.8) is 0 Å². The van der Waals surface area contributed by atoms with E-state index in [0.717, 1.165) is 17.7 Å². The molecule has 0 bridgehead atoms. The molecule has 1 unspecified atom stereocenters. The average Bonchev–Trinajstić information content (AvgIpc) is 2.23. The minimum atomic E-state index is -0.868. The minimum Gasteiger partial charge on any atom is -0.480 e. The van der Waals surface area contributed by atoms with E-state index in [0.29, 0.717) is 0 Å². The summed E-state index contributed by atoms with van der Waals surface area (Å²) in [7, 11) is 0. The maximum atomic E-state index is 13.3. The maximum Gasteiger partial charge on any atom is 0.323 e. The van der Waals surface area contributed by atoms with Crippen LogP contribution in [0.5, 0.6) is 0 Å². The number of carboxylic acids is 1. The van der Waals surface area contributed by atoms with Crippen LogP contribution in [0.3, 0.4) is 0 Å². The van der Waals surface area contributed by atoms with E-state index in [1.807, 2.05) is 18.7 Å². The summed E-state index contributed by atoms with van der Waals surface area (Å²) < 4.78 is 13.3. The molecule has 0 spiro atoms. The Morgan fingerprint density at radius 2 is 2.22 bits per heavy atom. The second-order valence-corrected chi connectivity index (χ2v) is 5.60. The van der Waals surface area contributed by atoms with Crippen molar-refractivity contribution in [3.05, 3.63) is 29.6 Å². The van der Waals surface area contributed by atoms with Gasteiger partial charge in [-0.1, -0.05) is 6.92 Å². The minimum absolute atomic E-state index is 0.0572. The number of anilines is 1. The van der Waals surface area contributed by atoms with E-state index < -0.39 is 5.97 Å². The highest BCUT2D eigenvalue weighted by Gasteiger charge is 2.37. The lowest BCUT2D eigenvalue weighted by atomic mass is 9.80. The highest BCUT2D eigenvalue weighted by molar-refractivity contribution is 5.76. The molecule has 1 aromatic rings. The predicted molar refractivity (Wildman–Crippen MR) is 68.5 cm³/mol. The summed E-state index contributed by atoms with van der Waals surface area (Å²) >= 11 is 0. The molecule has 1 aliphatic heterocycles. The van der Waals surface area contributed by atoms with Gasteiger partial charge in [0.05, 0.1) is 0 Å².